The Hall–Kier alpha value is -3.03. The quantitative estimate of drug-likeness (QED) is 0.718. The largest absolute Gasteiger partial charge is 0.364 e. The zero-order valence-corrected chi connectivity index (χ0v) is 13.3. The number of carbonyl (C=O) groups excluding carboxylic acids is 1. The smallest absolute Gasteiger partial charge is 0.276 e. The standard InChI is InChI=1S/C16H16FN5O2/c1-11(14-7-8-24-19-14)21(2)16(23)15-10-22(20-18-15)9-12-5-3-4-6-13(12)17/h3-8,10-11H,9H2,1-2H3/t11-/m1/s1. The van der Waals surface area contributed by atoms with Gasteiger partial charge in [-0.05, 0) is 13.0 Å². The van der Waals surface area contributed by atoms with Gasteiger partial charge in [0.2, 0.25) is 0 Å². The van der Waals surface area contributed by atoms with Gasteiger partial charge in [-0.1, -0.05) is 28.6 Å². The highest BCUT2D eigenvalue weighted by atomic mass is 19.1. The molecule has 1 amide bonds. The van der Waals surface area contributed by atoms with Crippen LogP contribution in [-0.4, -0.2) is 38.0 Å². The van der Waals surface area contributed by atoms with E-state index < -0.39 is 0 Å². The van der Waals surface area contributed by atoms with Crippen LogP contribution in [0.25, 0.3) is 0 Å². The number of halogens is 1. The summed E-state index contributed by atoms with van der Waals surface area (Å²) in [5, 5.41) is 11.6. The number of carbonyl (C=O) groups is 1. The lowest BCUT2D eigenvalue weighted by molar-refractivity contribution is 0.0731. The summed E-state index contributed by atoms with van der Waals surface area (Å²) >= 11 is 0. The molecule has 1 aromatic carbocycles. The summed E-state index contributed by atoms with van der Waals surface area (Å²) in [5.41, 5.74) is 1.31. The molecule has 0 fully saturated rings. The summed E-state index contributed by atoms with van der Waals surface area (Å²) < 4.78 is 19.9. The van der Waals surface area contributed by atoms with Crippen LogP contribution in [0.2, 0.25) is 0 Å². The maximum absolute atomic E-state index is 13.7. The first-order chi connectivity index (χ1) is 11.6. The van der Waals surface area contributed by atoms with Crippen molar-refractivity contribution >= 4 is 5.91 Å². The lowest BCUT2D eigenvalue weighted by Gasteiger charge is -2.21. The second-order valence-corrected chi connectivity index (χ2v) is 5.41. The molecule has 7 nitrogen and oxygen atoms in total. The molecule has 0 saturated carbocycles. The lowest BCUT2D eigenvalue weighted by Crippen LogP contribution is -2.30. The van der Waals surface area contributed by atoms with Crippen molar-refractivity contribution in [1.29, 1.82) is 0 Å². The molecule has 0 aliphatic carbocycles. The highest BCUT2D eigenvalue weighted by Crippen LogP contribution is 2.18. The predicted octanol–water partition coefficient (Wildman–Crippen LogP) is 2.29. The molecular formula is C16H16FN5O2. The monoisotopic (exact) mass is 329 g/mol. The maximum atomic E-state index is 13.7. The zero-order chi connectivity index (χ0) is 17.1. The molecule has 2 aromatic heterocycles. The molecule has 8 heteroatoms. The van der Waals surface area contributed by atoms with Gasteiger partial charge < -0.3 is 9.42 Å². The molecule has 0 aliphatic rings. The van der Waals surface area contributed by atoms with E-state index in [1.165, 1.54) is 28.1 Å². The molecule has 0 bridgehead atoms. The van der Waals surface area contributed by atoms with E-state index in [1.807, 2.05) is 6.92 Å². The fourth-order valence-electron chi connectivity index (χ4n) is 2.27. The summed E-state index contributed by atoms with van der Waals surface area (Å²) in [7, 11) is 1.65. The van der Waals surface area contributed by atoms with Crippen molar-refractivity contribution in [2.75, 3.05) is 7.05 Å². The molecule has 0 saturated heterocycles. The third-order valence-corrected chi connectivity index (χ3v) is 3.84. The number of rotatable bonds is 5. The van der Waals surface area contributed by atoms with E-state index in [9.17, 15) is 9.18 Å². The first-order valence-corrected chi connectivity index (χ1v) is 7.37. The summed E-state index contributed by atoms with van der Waals surface area (Å²) in [4.78, 5) is 14.0. The van der Waals surface area contributed by atoms with Crippen LogP contribution in [-0.2, 0) is 6.54 Å². The molecule has 0 aliphatic heterocycles. The Morgan fingerprint density at radius 2 is 2.17 bits per heavy atom. The van der Waals surface area contributed by atoms with Gasteiger partial charge in [0.25, 0.3) is 5.91 Å². The molecule has 0 radical (unpaired) electrons. The van der Waals surface area contributed by atoms with Gasteiger partial charge in [-0.3, -0.25) is 4.79 Å². The van der Waals surface area contributed by atoms with Crippen LogP contribution in [0.4, 0.5) is 4.39 Å². The lowest BCUT2D eigenvalue weighted by atomic mass is 10.2. The van der Waals surface area contributed by atoms with E-state index in [0.717, 1.165) is 0 Å². The van der Waals surface area contributed by atoms with Crippen LogP contribution < -0.4 is 0 Å². The van der Waals surface area contributed by atoms with Gasteiger partial charge in [-0.2, -0.15) is 0 Å². The molecule has 24 heavy (non-hydrogen) atoms. The minimum Gasteiger partial charge on any atom is -0.364 e. The number of amides is 1. The Balaban J connectivity index is 1.73. The maximum Gasteiger partial charge on any atom is 0.276 e. The fraction of sp³-hybridized carbons (Fsp3) is 0.250. The molecule has 124 valence electrons. The number of hydrogen-bond donors (Lipinski definition) is 0. The van der Waals surface area contributed by atoms with E-state index >= 15 is 0 Å². The Labute approximate surface area is 137 Å². The Kier molecular flexibility index (Phi) is 4.37. The Morgan fingerprint density at radius 3 is 2.88 bits per heavy atom. The van der Waals surface area contributed by atoms with E-state index in [1.54, 1.807) is 31.3 Å². The Bertz CT molecular complexity index is 831. The molecule has 1 atom stereocenters. The normalized spacial score (nSPS) is 12.1. The van der Waals surface area contributed by atoms with Crippen molar-refractivity contribution in [3.05, 3.63) is 65.6 Å². The minimum absolute atomic E-state index is 0.184. The third-order valence-electron chi connectivity index (χ3n) is 3.84. The van der Waals surface area contributed by atoms with Gasteiger partial charge in [0.15, 0.2) is 5.69 Å². The highest BCUT2D eigenvalue weighted by molar-refractivity contribution is 5.92. The summed E-state index contributed by atoms with van der Waals surface area (Å²) in [6.07, 6.45) is 2.95. The highest BCUT2D eigenvalue weighted by Gasteiger charge is 2.23. The third kappa shape index (κ3) is 3.17. The molecular weight excluding hydrogens is 313 g/mol. The zero-order valence-electron chi connectivity index (χ0n) is 13.3. The molecule has 3 rings (SSSR count). The van der Waals surface area contributed by atoms with Crippen molar-refractivity contribution in [3.8, 4) is 0 Å². The van der Waals surface area contributed by atoms with Crippen LogP contribution in [0.5, 0.6) is 0 Å². The van der Waals surface area contributed by atoms with E-state index in [0.29, 0.717) is 11.3 Å². The molecule has 0 unspecified atom stereocenters. The van der Waals surface area contributed by atoms with Gasteiger partial charge in [0, 0.05) is 18.7 Å². The van der Waals surface area contributed by atoms with Gasteiger partial charge >= 0.3 is 0 Å². The predicted molar refractivity (Wildman–Crippen MR) is 82.5 cm³/mol. The van der Waals surface area contributed by atoms with Gasteiger partial charge in [0.05, 0.1) is 18.8 Å². The second kappa shape index (κ2) is 6.61. The Morgan fingerprint density at radius 1 is 1.38 bits per heavy atom. The summed E-state index contributed by atoms with van der Waals surface area (Å²) in [6, 6.07) is 7.84. The molecule has 3 aromatic rings. The van der Waals surface area contributed by atoms with Crippen LogP contribution in [0.15, 0.2) is 47.3 Å². The number of nitrogens with zero attached hydrogens (tertiary/aromatic N) is 5. The van der Waals surface area contributed by atoms with Crippen molar-refractivity contribution in [1.82, 2.24) is 25.1 Å². The first-order valence-electron chi connectivity index (χ1n) is 7.37. The SMILES string of the molecule is C[C@H](c1ccon1)N(C)C(=O)c1cn(Cc2ccccc2F)nn1. The molecule has 0 N–H and O–H groups in total. The van der Waals surface area contributed by atoms with E-state index in [4.69, 9.17) is 4.52 Å². The average Bonchev–Trinajstić information content (AvgIpc) is 3.26. The molecule has 2 heterocycles. The fourth-order valence-corrected chi connectivity index (χ4v) is 2.27. The van der Waals surface area contributed by atoms with E-state index in [2.05, 4.69) is 15.5 Å². The van der Waals surface area contributed by atoms with Gasteiger partial charge in [-0.25, -0.2) is 9.07 Å². The topological polar surface area (TPSA) is 77.0 Å². The van der Waals surface area contributed by atoms with Crippen LogP contribution in [0.1, 0.15) is 34.7 Å². The second-order valence-electron chi connectivity index (χ2n) is 5.41. The molecule has 0 spiro atoms. The van der Waals surface area contributed by atoms with Crippen LogP contribution in [0, 0.1) is 5.82 Å². The minimum atomic E-state index is -0.322. The number of aromatic nitrogens is 4. The first kappa shape index (κ1) is 15.9. The summed E-state index contributed by atoms with van der Waals surface area (Å²) in [6.45, 7) is 2.04. The summed E-state index contributed by atoms with van der Waals surface area (Å²) in [5.74, 6) is -0.622. The number of hydrogen-bond acceptors (Lipinski definition) is 5. The van der Waals surface area contributed by atoms with Crippen LogP contribution >= 0.6 is 0 Å². The average molecular weight is 329 g/mol. The van der Waals surface area contributed by atoms with Crippen molar-refractivity contribution < 1.29 is 13.7 Å². The van der Waals surface area contributed by atoms with Crippen molar-refractivity contribution in [3.63, 3.8) is 0 Å². The van der Waals surface area contributed by atoms with Gasteiger partial charge in [-0.15, -0.1) is 5.10 Å². The van der Waals surface area contributed by atoms with Crippen molar-refractivity contribution in [2.24, 2.45) is 0 Å². The van der Waals surface area contributed by atoms with Crippen molar-refractivity contribution in [2.45, 2.75) is 19.5 Å². The van der Waals surface area contributed by atoms with Crippen LogP contribution in [0.3, 0.4) is 0 Å². The van der Waals surface area contributed by atoms with E-state index in [-0.39, 0.29) is 30.0 Å². The van der Waals surface area contributed by atoms with Gasteiger partial charge in [0.1, 0.15) is 17.8 Å². The number of benzene rings is 1.